The van der Waals surface area contributed by atoms with Crippen LogP contribution >= 0.6 is 0 Å². The number of nitrogens with one attached hydrogen (secondary N) is 1. The van der Waals surface area contributed by atoms with Crippen molar-refractivity contribution in [3.8, 4) is 5.75 Å². The molecule has 0 saturated heterocycles. The van der Waals surface area contributed by atoms with Gasteiger partial charge < -0.3 is 10.1 Å². The first-order valence-electron chi connectivity index (χ1n) is 4.78. The SMILES string of the molecule is O=C1C=C[C@H](c2cccc(OC(F)(F)F)c2)N1. The molecule has 0 radical (unpaired) electrons. The van der Waals surface area contributed by atoms with Crippen molar-refractivity contribution in [2.75, 3.05) is 0 Å². The molecule has 0 bridgehead atoms. The molecule has 90 valence electrons. The summed E-state index contributed by atoms with van der Waals surface area (Å²) in [4.78, 5) is 10.9. The molecule has 3 nitrogen and oxygen atoms in total. The number of carbonyl (C=O) groups is 1. The van der Waals surface area contributed by atoms with E-state index >= 15 is 0 Å². The van der Waals surface area contributed by atoms with Crippen molar-refractivity contribution >= 4 is 5.91 Å². The van der Waals surface area contributed by atoms with Crippen LogP contribution in [-0.4, -0.2) is 12.3 Å². The molecule has 0 aliphatic carbocycles. The summed E-state index contributed by atoms with van der Waals surface area (Å²) in [5.41, 5.74) is 0.536. The molecule has 1 aromatic rings. The van der Waals surface area contributed by atoms with E-state index in [1.807, 2.05) is 0 Å². The van der Waals surface area contributed by atoms with Gasteiger partial charge in [0.1, 0.15) is 5.75 Å². The molecule has 1 aliphatic heterocycles. The molecule has 2 rings (SSSR count). The Bertz CT molecular complexity index is 468. The van der Waals surface area contributed by atoms with Gasteiger partial charge in [-0.2, -0.15) is 0 Å². The van der Waals surface area contributed by atoms with Crippen LogP contribution in [0.3, 0.4) is 0 Å². The van der Waals surface area contributed by atoms with Gasteiger partial charge in [0.05, 0.1) is 6.04 Å². The number of ether oxygens (including phenoxy) is 1. The topological polar surface area (TPSA) is 38.3 Å². The van der Waals surface area contributed by atoms with Gasteiger partial charge in [0.2, 0.25) is 5.91 Å². The van der Waals surface area contributed by atoms with Gasteiger partial charge in [-0.25, -0.2) is 0 Å². The maximum Gasteiger partial charge on any atom is 0.573 e. The lowest BCUT2D eigenvalue weighted by atomic mass is 10.1. The quantitative estimate of drug-likeness (QED) is 0.865. The van der Waals surface area contributed by atoms with Gasteiger partial charge in [-0.3, -0.25) is 4.79 Å². The highest BCUT2D eigenvalue weighted by molar-refractivity contribution is 5.90. The fourth-order valence-electron chi connectivity index (χ4n) is 1.53. The third-order valence-electron chi connectivity index (χ3n) is 2.19. The molecule has 17 heavy (non-hydrogen) atoms. The lowest BCUT2D eigenvalue weighted by Gasteiger charge is -2.13. The van der Waals surface area contributed by atoms with Crippen LogP contribution in [-0.2, 0) is 4.79 Å². The van der Waals surface area contributed by atoms with Crippen molar-refractivity contribution in [1.82, 2.24) is 5.32 Å². The molecule has 0 unspecified atom stereocenters. The number of rotatable bonds is 2. The van der Waals surface area contributed by atoms with Crippen LogP contribution in [0.5, 0.6) is 5.75 Å². The molecular weight excluding hydrogens is 235 g/mol. The molecule has 1 amide bonds. The summed E-state index contributed by atoms with van der Waals surface area (Å²) in [7, 11) is 0. The van der Waals surface area contributed by atoms with Gasteiger partial charge in [0.25, 0.3) is 0 Å². The number of halogens is 3. The largest absolute Gasteiger partial charge is 0.573 e. The third-order valence-corrected chi connectivity index (χ3v) is 2.19. The Labute approximate surface area is 94.9 Å². The van der Waals surface area contributed by atoms with Gasteiger partial charge in [-0.05, 0) is 17.7 Å². The highest BCUT2D eigenvalue weighted by atomic mass is 19.4. The van der Waals surface area contributed by atoms with Crippen LogP contribution in [0.25, 0.3) is 0 Å². The molecule has 1 heterocycles. The average molecular weight is 243 g/mol. The van der Waals surface area contributed by atoms with Crippen molar-refractivity contribution in [2.24, 2.45) is 0 Å². The van der Waals surface area contributed by atoms with Crippen LogP contribution in [0.4, 0.5) is 13.2 Å². The maximum absolute atomic E-state index is 12.0. The first-order chi connectivity index (χ1) is 7.94. The molecule has 0 aromatic heterocycles. The van der Waals surface area contributed by atoms with Gasteiger partial charge in [0.15, 0.2) is 0 Å². The van der Waals surface area contributed by atoms with E-state index in [0.29, 0.717) is 5.56 Å². The molecule has 1 aromatic carbocycles. The van der Waals surface area contributed by atoms with Crippen molar-refractivity contribution in [3.05, 3.63) is 42.0 Å². The minimum atomic E-state index is -4.71. The maximum atomic E-state index is 12.0. The van der Waals surface area contributed by atoms with Gasteiger partial charge in [-0.15, -0.1) is 13.2 Å². The lowest BCUT2D eigenvalue weighted by molar-refractivity contribution is -0.274. The molecule has 6 heteroatoms. The van der Waals surface area contributed by atoms with E-state index in [9.17, 15) is 18.0 Å². The van der Waals surface area contributed by atoms with Gasteiger partial charge in [-0.1, -0.05) is 18.2 Å². The highest BCUT2D eigenvalue weighted by Crippen LogP contribution is 2.26. The monoisotopic (exact) mass is 243 g/mol. The smallest absolute Gasteiger partial charge is 0.406 e. The van der Waals surface area contributed by atoms with E-state index in [1.165, 1.54) is 24.3 Å². The van der Waals surface area contributed by atoms with Crippen LogP contribution in [0.2, 0.25) is 0 Å². The Morgan fingerprint density at radius 2 is 2.06 bits per heavy atom. The summed E-state index contributed by atoms with van der Waals surface area (Å²) in [6, 6.07) is 5.10. The first-order valence-corrected chi connectivity index (χ1v) is 4.78. The zero-order valence-electron chi connectivity index (χ0n) is 8.49. The number of amides is 1. The molecule has 0 saturated carbocycles. The van der Waals surface area contributed by atoms with E-state index in [-0.39, 0.29) is 11.7 Å². The van der Waals surface area contributed by atoms with Crippen molar-refractivity contribution in [2.45, 2.75) is 12.4 Å². The van der Waals surface area contributed by atoms with Gasteiger partial charge in [0, 0.05) is 6.08 Å². The van der Waals surface area contributed by atoms with Crippen molar-refractivity contribution in [3.63, 3.8) is 0 Å². The van der Waals surface area contributed by atoms with E-state index < -0.39 is 12.4 Å². The Morgan fingerprint density at radius 1 is 1.29 bits per heavy atom. The first kappa shape index (κ1) is 11.5. The summed E-state index contributed by atoms with van der Waals surface area (Å²) < 4.78 is 39.8. The standard InChI is InChI=1S/C11H8F3NO2/c12-11(13,14)17-8-3-1-2-7(6-8)9-4-5-10(16)15-9/h1-6,9H,(H,15,16)/t9-/m1/s1. The average Bonchev–Trinajstić information content (AvgIpc) is 2.63. The molecule has 0 fully saturated rings. The summed E-state index contributed by atoms with van der Waals surface area (Å²) in [5, 5.41) is 2.57. The summed E-state index contributed by atoms with van der Waals surface area (Å²) in [5.74, 6) is -0.568. The summed E-state index contributed by atoms with van der Waals surface area (Å²) >= 11 is 0. The number of hydrogen-bond donors (Lipinski definition) is 1. The lowest BCUT2D eigenvalue weighted by Crippen LogP contribution is -2.20. The number of hydrogen-bond acceptors (Lipinski definition) is 2. The van der Waals surface area contributed by atoms with E-state index in [0.717, 1.165) is 0 Å². The van der Waals surface area contributed by atoms with E-state index in [4.69, 9.17) is 0 Å². The van der Waals surface area contributed by atoms with Crippen LogP contribution < -0.4 is 10.1 Å². The fourth-order valence-corrected chi connectivity index (χ4v) is 1.53. The number of alkyl halides is 3. The predicted molar refractivity (Wildman–Crippen MR) is 53.1 cm³/mol. The summed E-state index contributed by atoms with van der Waals surface area (Å²) in [6.45, 7) is 0. The molecule has 1 atom stereocenters. The predicted octanol–water partition coefficient (Wildman–Crippen LogP) is 2.31. The molecule has 1 aliphatic rings. The highest BCUT2D eigenvalue weighted by Gasteiger charge is 2.31. The van der Waals surface area contributed by atoms with Gasteiger partial charge >= 0.3 is 6.36 Å². The second-order valence-corrected chi connectivity index (χ2v) is 3.47. The molecule has 0 spiro atoms. The summed E-state index contributed by atoms with van der Waals surface area (Å²) in [6.07, 6.45) is -1.80. The van der Waals surface area contributed by atoms with Crippen molar-refractivity contribution in [1.29, 1.82) is 0 Å². The Hall–Kier alpha value is -1.98. The van der Waals surface area contributed by atoms with Crippen molar-refractivity contribution < 1.29 is 22.7 Å². The normalized spacial score (nSPS) is 19.2. The third kappa shape index (κ3) is 2.99. The van der Waals surface area contributed by atoms with Crippen LogP contribution in [0, 0.1) is 0 Å². The van der Waals surface area contributed by atoms with Crippen LogP contribution in [0.15, 0.2) is 36.4 Å². The Kier molecular flexibility index (Phi) is 2.79. The second-order valence-electron chi connectivity index (χ2n) is 3.47. The molecule has 1 N–H and O–H groups in total. The van der Waals surface area contributed by atoms with E-state index in [2.05, 4.69) is 10.1 Å². The second kappa shape index (κ2) is 4.12. The Morgan fingerprint density at radius 3 is 2.65 bits per heavy atom. The zero-order chi connectivity index (χ0) is 12.5. The Balaban J connectivity index is 2.17. The fraction of sp³-hybridized carbons (Fsp3) is 0.182. The number of carbonyl (C=O) groups excluding carboxylic acids is 1. The van der Waals surface area contributed by atoms with E-state index in [1.54, 1.807) is 12.1 Å². The minimum Gasteiger partial charge on any atom is -0.406 e. The minimum absolute atomic E-state index is 0.267. The zero-order valence-corrected chi connectivity index (χ0v) is 8.49. The molecular formula is C11H8F3NO2. The number of benzene rings is 1. The van der Waals surface area contributed by atoms with Crippen LogP contribution in [0.1, 0.15) is 11.6 Å².